The van der Waals surface area contributed by atoms with E-state index in [-0.39, 0.29) is 5.75 Å². The monoisotopic (exact) mass is 271 g/mol. The maximum atomic E-state index is 11.6. The number of aromatic nitrogens is 1. The normalized spacial score (nSPS) is 11.9. The molecule has 1 heterocycles. The second kappa shape index (κ2) is 7.45. The van der Waals surface area contributed by atoms with E-state index < -0.39 is 10.0 Å². The molecule has 0 saturated carbocycles. The average Bonchev–Trinajstić information content (AvgIpc) is 2.29. The molecule has 5 nitrogen and oxygen atoms in total. The van der Waals surface area contributed by atoms with Crippen LogP contribution in [0.1, 0.15) is 19.5 Å². The van der Waals surface area contributed by atoms with Gasteiger partial charge in [0.25, 0.3) is 0 Å². The molecular weight excluding hydrogens is 250 g/mol. The lowest BCUT2D eigenvalue weighted by molar-refractivity contribution is 0.566. The van der Waals surface area contributed by atoms with Crippen molar-refractivity contribution < 1.29 is 8.42 Å². The zero-order valence-electron chi connectivity index (χ0n) is 10.9. The van der Waals surface area contributed by atoms with E-state index in [1.807, 2.05) is 32.0 Å². The van der Waals surface area contributed by atoms with Gasteiger partial charge in [-0.3, -0.25) is 4.98 Å². The van der Waals surface area contributed by atoms with Gasteiger partial charge >= 0.3 is 0 Å². The molecule has 2 N–H and O–H groups in total. The van der Waals surface area contributed by atoms with Gasteiger partial charge in [-0.1, -0.05) is 19.9 Å². The third-order valence-electron chi connectivity index (χ3n) is 2.35. The highest BCUT2D eigenvalue weighted by molar-refractivity contribution is 7.89. The van der Waals surface area contributed by atoms with Crippen LogP contribution < -0.4 is 10.0 Å². The van der Waals surface area contributed by atoms with E-state index in [0.29, 0.717) is 25.6 Å². The molecule has 0 aliphatic rings. The lowest BCUT2D eigenvalue weighted by atomic mass is 10.3. The van der Waals surface area contributed by atoms with E-state index in [0.717, 1.165) is 5.69 Å². The minimum atomic E-state index is -3.19. The Bertz CT molecular complexity index is 432. The van der Waals surface area contributed by atoms with Crippen molar-refractivity contribution in [2.75, 3.05) is 18.8 Å². The summed E-state index contributed by atoms with van der Waals surface area (Å²) in [4.78, 5) is 4.14. The number of nitrogens with zero attached hydrogens (tertiary/aromatic N) is 1. The Kier molecular flexibility index (Phi) is 6.24. The molecule has 0 atom stereocenters. The fourth-order valence-electron chi connectivity index (χ4n) is 1.43. The second-order valence-electron chi connectivity index (χ2n) is 4.39. The number of hydrogen-bond donors (Lipinski definition) is 2. The summed E-state index contributed by atoms with van der Waals surface area (Å²) in [5, 5.41) is 3.08. The Hall–Kier alpha value is -0.980. The molecular formula is C12H21N3O2S. The minimum Gasteiger partial charge on any atom is -0.313 e. The average molecular weight is 271 g/mol. The number of pyridine rings is 1. The Balaban J connectivity index is 2.25. The van der Waals surface area contributed by atoms with Crippen LogP contribution in [0.15, 0.2) is 24.4 Å². The molecule has 102 valence electrons. The van der Waals surface area contributed by atoms with Crippen molar-refractivity contribution in [3.05, 3.63) is 30.1 Å². The van der Waals surface area contributed by atoms with Gasteiger partial charge in [-0.2, -0.15) is 0 Å². The van der Waals surface area contributed by atoms with Crippen molar-refractivity contribution in [3.63, 3.8) is 0 Å². The molecule has 0 aliphatic carbocycles. The number of sulfonamides is 1. The van der Waals surface area contributed by atoms with Gasteiger partial charge in [0.15, 0.2) is 0 Å². The van der Waals surface area contributed by atoms with Crippen molar-refractivity contribution >= 4 is 10.0 Å². The summed E-state index contributed by atoms with van der Waals surface area (Å²) >= 11 is 0. The van der Waals surface area contributed by atoms with Crippen molar-refractivity contribution in [1.29, 1.82) is 0 Å². The molecule has 0 bridgehead atoms. The second-order valence-corrected chi connectivity index (χ2v) is 6.32. The zero-order chi connectivity index (χ0) is 13.4. The highest BCUT2D eigenvalue weighted by atomic mass is 32.2. The number of nitrogens with one attached hydrogen (secondary N) is 2. The van der Waals surface area contributed by atoms with Crippen molar-refractivity contribution in [2.24, 2.45) is 0 Å². The summed E-state index contributed by atoms with van der Waals surface area (Å²) in [6, 6.07) is 5.91. The predicted molar refractivity (Wildman–Crippen MR) is 72.9 cm³/mol. The van der Waals surface area contributed by atoms with E-state index >= 15 is 0 Å². The first-order valence-corrected chi connectivity index (χ1v) is 7.75. The molecule has 0 fully saturated rings. The fraction of sp³-hybridized carbons (Fsp3) is 0.583. The van der Waals surface area contributed by atoms with Crippen LogP contribution in [0.4, 0.5) is 0 Å². The zero-order valence-corrected chi connectivity index (χ0v) is 11.7. The molecule has 0 spiro atoms. The molecule has 18 heavy (non-hydrogen) atoms. The van der Waals surface area contributed by atoms with Crippen molar-refractivity contribution in [3.8, 4) is 0 Å². The quantitative estimate of drug-likeness (QED) is 0.724. The Morgan fingerprint density at radius 1 is 1.28 bits per heavy atom. The van der Waals surface area contributed by atoms with E-state index in [2.05, 4.69) is 15.0 Å². The first kappa shape index (κ1) is 15.1. The van der Waals surface area contributed by atoms with Crippen LogP contribution in [-0.2, 0) is 16.4 Å². The molecule has 0 saturated heterocycles. The summed E-state index contributed by atoms with van der Waals surface area (Å²) in [6.45, 7) is 4.83. The summed E-state index contributed by atoms with van der Waals surface area (Å²) in [7, 11) is -3.19. The van der Waals surface area contributed by atoms with Gasteiger partial charge in [-0.15, -0.1) is 0 Å². The van der Waals surface area contributed by atoms with Crippen molar-refractivity contribution in [1.82, 2.24) is 15.0 Å². The van der Waals surface area contributed by atoms with Crippen LogP contribution in [0.3, 0.4) is 0 Å². The molecule has 0 radical (unpaired) electrons. The Labute approximate surface area is 109 Å². The third-order valence-corrected chi connectivity index (χ3v) is 3.74. The van der Waals surface area contributed by atoms with Crippen LogP contribution in [0.25, 0.3) is 0 Å². The van der Waals surface area contributed by atoms with Gasteiger partial charge in [-0.25, -0.2) is 13.1 Å². The first-order valence-electron chi connectivity index (χ1n) is 6.10. The van der Waals surface area contributed by atoms with E-state index in [1.54, 1.807) is 6.20 Å². The lowest BCUT2D eigenvalue weighted by Gasteiger charge is -2.09. The highest BCUT2D eigenvalue weighted by Crippen LogP contribution is 1.94. The molecule has 0 aliphatic heterocycles. The maximum absolute atomic E-state index is 11.6. The molecule has 0 unspecified atom stereocenters. The maximum Gasteiger partial charge on any atom is 0.212 e. The van der Waals surface area contributed by atoms with Crippen LogP contribution in [-0.4, -0.2) is 38.3 Å². The smallest absolute Gasteiger partial charge is 0.212 e. The van der Waals surface area contributed by atoms with Crippen molar-refractivity contribution in [2.45, 2.75) is 26.3 Å². The third kappa shape index (κ3) is 6.68. The van der Waals surface area contributed by atoms with Gasteiger partial charge in [0.2, 0.25) is 10.0 Å². The number of hydrogen-bond acceptors (Lipinski definition) is 4. The van der Waals surface area contributed by atoms with Gasteiger partial charge < -0.3 is 5.32 Å². The summed E-state index contributed by atoms with van der Waals surface area (Å²) < 4.78 is 25.8. The lowest BCUT2D eigenvalue weighted by Crippen LogP contribution is -2.35. The Morgan fingerprint density at radius 3 is 2.67 bits per heavy atom. The standard InChI is InChI=1S/C12H21N3O2S/c1-11(2)13-9-10-18(16,17)15-8-6-12-5-3-4-7-14-12/h3-5,7,11,13,15H,6,8-10H2,1-2H3. The van der Waals surface area contributed by atoms with Crippen LogP contribution in [0.5, 0.6) is 0 Å². The van der Waals surface area contributed by atoms with Crippen LogP contribution in [0, 0.1) is 0 Å². The topological polar surface area (TPSA) is 71.1 Å². The van der Waals surface area contributed by atoms with E-state index in [4.69, 9.17) is 0 Å². The SMILES string of the molecule is CC(C)NCCS(=O)(=O)NCCc1ccccn1. The predicted octanol–water partition coefficient (Wildman–Crippen LogP) is 0.542. The Morgan fingerprint density at radius 2 is 2.06 bits per heavy atom. The molecule has 0 aromatic carbocycles. The minimum absolute atomic E-state index is 0.105. The summed E-state index contributed by atoms with van der Waals surface area (Å²) in [5.41, 5.74) is 0.889. The van der Waals surface area contributed by atoms with Gasteiger partial charge in [-0.05, 0) is 12.1 Å². The van der Waals surface area contributed by atoms with E-state index in [1.165, 1.54) is 0 Å². The fourth-order valence-corrected chi connectivity index (χ4v) is 2.38. The van der Waals surface area contributed by atoms with Gasteiger partial charge in [0.05, 0.1) is 5.75 Å². The first-order chi connectivity index (χ1) is 8.49. The summed E-state index contributed by atoms with van der Waals surface area (Å²) in [5.74, 6) is 0.105. The molecule has 0 amide bonds. The molecule has 6 heteroatoms. The van der Waals surface area contributed by atoms with Gasteiger partial charge in [0.1, 0.15) is 0 Å². The number of rotatable bonds is 8. The van der Waals surface area contributed by atoms with E-state index in [9.17, 15) is 8.42 Å². The molecule has 1 aromatic heterocycles. The molecule has 1 aromatic rings. The van der Waals surface area contributed by atoms with Crippen LogP contribution >= 0.6 is 0 Å². The van der Waals surface area contributed by atoms with Gasteiger partial charge in [0, 0.05) is 37.4 Å². The molecule has 1 rings (SSSR count). The largest absolute Gasteiger partial charge is 0.313 e. The summed E-state index contributed by atoms with van der Waals surface area (Å²) in [6.07, 6.45) is 2.31. The highest BCUT2D eigenvalue weighted by Gasteiger charge is 2.09. The van der Waals surface area contributed by atoms with Crippen LogP contribution in [0.2, 0.25) is 0 Å².